The number of aromatic nitrogens is 2. The number of aryl methyl sites for hydroxylation is 2. The number of carbonyl (C=O) groups is 1. The zero-order valence-electron chi connectivity index (χ0n) is 22.9. The standard InChI is InChI=1S/C33H29N3O4S/c1-17-4-3-5-18(2)29(17)30-24(31(40-35-30)19-6-7-19)16-39-21-9-10-22-23(15-21)27-13-12-26(22)36(27)33-34-25-11-8-20(32(37)38)14-28(25)41-33/h3-5,8-11,14-15,19,26-27H,6-7,12-13,16H2,1-2H3,(H,37,38). The van der Waals surface area contributed by atoms with Gasteiger partial charge in [-0.1, -0.05) is 40.8 Å². The highest BCUT2D eigenvalue weighted by Gasteiger charge is 2.45. The number of fused-ring (bicyclic) bond motifs is 6. The molecular formula is C33H29N3O4S. The lowest BCUT2D eigenvalue weighted by Crippen LogP contribution is -2.17. The average molecular weight is 564 g/mol. The highest BCUT2D eigenvalue weighted by molar-refractivity contribution is 7.22. The Morgan fingerprint density at radius 3 is 2.56 bits per heavy atom. The SMILES string of the molecule is Cc1cccc(C)c1-c1noc(C2CC2)c1COc1ccc2c(c1)C1CCC2N1c1nc2ccc(C(=O)O)cc2s1. The highest BCUT2D eigenvalue weighted by atomic mass is 32.1. The predicted molar refractivity (Wildman–Crippen MR) is 158 cm³/mol. The number of rotatable bonds is 7. The van der Waals surface area contributed by atoms with Crippen molar-refractivity contribution in [2.75, 3.05) is 4.90 Å². The van der Waals surface area contributed by atoms with E-state index in [9.17, 15) is 9.90 Å². The van der Waals surface area contributed by atoms with Crippen LogP contribution in [0, 0.1) is 13.8 Å². The third-order valence-electron chi connectivity index (χ3n) is 8.87. The lowest BCUT2D eigenvalue weighted by molar-refractivity contribution is 0.0697. The van der Waals surface area contributed by atoms with Crippen molar-refractivity contribution in [3.05, 3.63) is 93.7 Å². The molecule has 1 N–H and O–H groups in total. The summed E-state index contributed by atoms with van der Waals surface area (Å²) in [4.78, 5) is 18.8. The van der Waals surface area contributed by atoms with Gasteiger partial charge in [-0.05, 0) is 92.1 Å². The van der Waals surface area contributed by atoms with Crippen molar-refractivity contribution in [3.8, 4) is 17.0 Å². The molecule has 0 amide bonds. The summed E-state index contributed by atoms with van der Waals surface area (Å²) in [5.41, 5.74) is 9.23. The molecule has 7 nitrogen and oxygen atoms in total. The Bertz CT molecular complexity index is 1830. The maximum atomic E-state index is 11.5. The summed E-state index contributed by atoms with van der Waals surface area (Å²) in [6.07, 6.45) is 4.41. The van der Waals surface area contributed by atoms with Crippen LogP contribution < -0.4 is 9.64 Å². The highest BCUT2D eigenvalue weighted by Crippen LogP contribution is 2.56. The Morgan fingerprint density at radius 1 is 1.02 bits per heavy atom. The molecule has 2 aliphatic heterocycles. The molecule has 2 atom stereocenters. The van der Waals surface area contributed by atoms with E-state index in [4.69, 9.17) is 14.2 Å². The van der Waals surface area contributed by atoms with E-state index in [1.165, 1.54) is 22.3 Å². The Kier molecular flexibility index (Phi) is 5.51. The lowest BCUT2D eigenvalue weighted by atomic mass is 9.92. The summed E-state index contributed by atoms with van der Waals surface area (Å²) in [5.74, 6) is 1.33. The fourth-order valence-electron chi connectivity index (χ4n) is 6.75. The van der Waals surface area contributed by atoms with Crippen LogP contribution in [0.5, 0.6) is 5.75 Å². The summed E-state index contributed by atoms with van der Waals surface area (Å²) in [5, 5.41) is 14.9. The zero-order chi connectivity index (χ0) is 27.8. The van der Waals surface area contributed by atoms with Crippen molar-refractivity contribution in [2.45, 2.75) is 64.1 Å². The molecule has 1 saturated carbocycles. The molecule has 2 fully saturated rings. The third kappa shape index (κ3) is 3.95. The summed E-state index contributed by atoms with van der Waals surface area (Å²) < 4.78 is 13.3. The largest absolute Gasteiger partial charge is 0.489 e. The minimum absolute atomic E-state index is 0.237. The third-order valence-corrected chi connectivity index (χ3v) is 9.91. The number of benzene rings is 3. The van der Waals surface area contributed by atoms with Crippen molar-refractivity contribution in [1.29, 1.82) is 0 Å². The molecule has 206 valence electrons. The minimum Gasteiger partial charge on any atom is -0.489 e. The van der Waals surface area contributed by atoms with E-state index in [2.05, 4.69) is 60.3 Å². The van der Waals surface area contributed by atoms with E-state index in [0.29, 0.717) is 18.1 Å². The minimum atomic E-state index is -0.917. The molecule has 0 spiro atoms. The van der Waals surface area contributed by atoms with Crippen molar-refractivity contribution in [1.82, 2.24) is 10.1 Å². The molecule has 8 heteroatoms. The lowest BCUT2D eigenvalue weighted by Gasteiger charge is -2.21. The summed E-state index contributed by atoms with van der Waals surface area (Å²) in [6, 6.07) is 18.5. The second-order valence-electron chi connectivity index (χ2n) is 11.5. The van der Waals surface area contributed by atoms with Crippen LogP contribution in [-0.2, 0) is 6.61 Å². The van der Waals surface area contributed by atoms with Gasteiger partial charge < -0.3 is 19.3 Å². The summed E-state index contributed by atoms with van der Waals surface area (Å²) >= 11 is 1.57. The number of hydrogen-bond acceptors (Lipinski definition) is 7. The van der Waals surface area contributed by atoms with Crippen LogP contribution in [0.1, 0.15) is 87.6 Å². The fraction of sp³-hybridized carbons (Fsp3) is 0.303. The monoisotopic (exact) mass is 563 g/mol. The quantitative estimate of drug-likeness (QED) is 0.214. The van der Waals surface area contributed by atoms with E-state index < -0.39 is 5.97 Å². The van der Waals surface area contributed by atoms with Gasteiger partial charge >= 0.3 is 5.97 Å². The number of hydrogen-bond donors (Lipinski definition) is 1. The molecular weight excluding hydrogens is 534 g/mol. The zero-order valence-corrected chi connectivity index (χ0v) is 23.7. The van der Waals surface area contributed by atoms with Gasteiger partial charge in [0.05, 0.1) is 33.4 Å². The van der Waals surface area contributed by atoms with Crippen LogP contribution in [0.3, 0.4) is 0 Å². The number of carboxylic acids is 1. The molecule has 5 aromatic rings. The molecule has 0 radical (unpaired) electrons. The van der Waals surface area contributed by atoms with Gasteiger partial charge in [-0.15, -0.1) is 0 Å². The predicted octanol–water partition coefficient (Wildman–Crippen LogP) is 8.12. The average Bonchev–Trinajstić information content (AvgIpc) is 3.29. The first-order chi connectivity index (χ1) is 20.0. The van der Waals surface area contributed by atoms with Gasteiger partial charge in [-0.3, -0.25) is 0 Å². The Morgan fingerprint density at radius 2 is 1.80 bits per heavy atom. The van der Waals surface area contributed by atoms with E-state index in [0.717, 1.165) is 69.4 Å². The summed E-state index contributed by atoms with van der Waals surface area (Å²) in [7, 11) is 0. The van der Waals surface area contributed by atoms with Gasteiger partial charge in [0.1, 0.15) is 23.8 Å². The second-order valence-corrected chi connectivity index (χ2v) is 12.5. The Balaban J connectivity index is 1.08. The van der Waals surface area contributed by atoms with Crippen LogP contribution in [0.25, 0.3) is 21.5 Å². The molecule has 2 bridgehead atoms. The van der Waals surface area contributed by atoms with E-state index in [1.54, 1.807) is 23.5 Å². The first-order valence-corrected chi connectivity index (χ1v) is 15.0. The smallest absolute Gasteiger partial charge is 0.335 e. The second kappa shape index (κ2) is 9.17. The van der Waals surface area contributed by atoms with Gasteiger partial charge in [0, 0.05) is 11.5 Å². The maximum absolute atomic E-state index is 11.5. The van der Waals surface area contributed by atoms with E-state index in [-0.39, 0.29) is 12.1 Å². The molecule has 2 unspecified atom stereocenters. The van der Waals surface area contributed by atoms with E-state index in [1.807, 2.05) is 6.07 Å². The van der Waals surface area contributed by atoms with Crippen LogP contribution >= 0.6 is 11.3 Å². The number of carboxylic acid groups (broad SMARTS) is 1. The molecule has 2 aromatic heterocycles. The topological polar surface area (TPSA) is 88.7 Å². The van der Waals surface area contributed by atoms with Gasteiger partial charge in [0.15, 0.2) is 5.13 Å². The van der Waals surface area contributed by atoms with Crippen LogP contribution in [0.2, 0.25) is 0 Å². The number of nitrogens with zero attached hydrogens (tertiary/aromatic N) is 3. The molecule has 3 aliphatic rings. The Hall–Kier alpha value is -4.17. The number of thiazole rings is 1. The number of ether oxygens (including phenoxy) is 1. The van der Waals surface area contributed by atoms with Crippen molar-refractivity contribution in [2.24, 2.45) is 0 Å². The van der Waals surface area contributed by atoms with Gasteiger partial charge in [-0.2, -0.15) is 0 Å². The van der Waals surface area contributed by atoms with Crippen LogP contribution in [0.4, 0.5) is 5.13 Å². The molecule has 4 heterocycles. The van der Waals surface area contributed by atoms with Crippen LogP contribution in [-0.4, -0.2) is 21.2 Å². The van der Waals surface area contributed by atoms with Crippen molar-refractivity contribution >= 4 is 32.7 Å². The molecule has 1 aliphatic carbocycles. The molecule has 41 heavy (non-hydrogen) atoms. The summed E-state index contributed by atoms with van der Waals surface area (Å²) in [6.45, 7) is 4.66. The Labute approximate surface area is 241 Å². The van der Waals surface area contributed by atoms with E-state index >= 15 is 0 Å². The normalized spacial score (nSPS) is 19.2. The molecule has 3 aromatic carbocycles. The van der Waals surface area contributed by atoms with Crippen molar-refractivity contribution in [3.63, 3.8) is 0 Å². The molecule has 1 saturated heterocycles. The van der Waals surface area contributed by atoms with Crippen LogP contribution in [0.15, 0.2) is 59.1 Å². The van der Waals surface area contributed by atoms with Crippen molar-refractivity contribution < 1.29 is 19.2 Å². The first kappa shape index (κ1) is 24.6. The number of aromatic carboxylic acids is 1. The number of anilines is 1. The van der Waals surface area contributed by atoms with Gasteiger partial charge in [-0.25, -0.2) is 9.78 Å². The fourth-order valence-corrected chi connectivity index (χ4v) is 7.85. The maximum Gasteiger partial charge on any atom is 0.335 e. The first-order valence-electron chi connectivity index (χ1n) is 14.2. The molecule has 8 rings (SSSR count). The van der Waals surface area contributed by atoms with Gasteiger partial charge in [0.25, 0.3) is 0 Å². The van der Waals surface area contributed by atoms with Gasteiger partial charge in [0.2, 0.25) is 0 Å².